The molecule has 0 aliphatic carbocycles. The molecule has 1 aromatic rings. The number of anilines is 1. The lowest BCUT2D eigenvalue weighted by molar-refractivity contribution is 0.195. The van der Waals surface area contributed by atoms with E-state index in [1.807, 2.05) is 18.2 Å². The Labute approximate surface area is 98.7 Å². The summed E-state index contributed by atoms with van der Waals surface area (Å²) in [6.07, 6.45) is 2.79. The SMILES string of the molecule is CS(=O)Cc1cccc(NC2CCOC2)c1. The van der Waals surface area contributed by atoms with Gasteiger partial charge in [0.25, 0.3) is 0 Å². The molecule has 0 spiro atoms. The molecule has 16 heavy (non-hydrogen) atoms. The summed E-state index contributed by atoms with van der Waals surface area (Å²) in [6, 6.07) is 8.54. The summed E-state index contributed by atoms with van der Waals surface area (Å²) in [5.41, 5.74) is 2.21. The van der Waals surface area contributed by atoms with Crippen LogP contribution in [0.1, 0.15) is 12.0 Å². The predicted octanol–water partition coefficient (Wildman–Crippen LogP) is 1.77. The van der Waals surface area contributed by atoms with Crippen LogP contribution in [-0.4, -0.2) is 29.7 Å². The van der Waals surface area contributed by atoms with Gasteiger partial charge in [0.1, 0.15) is 0 Å². The topological polar surface area (TPSA) is 38.3 Å². The van der Waals surface area contributed by atoms with Gasteiger partial charge in [-0.3, -0.25) is 4.21 Å². The lowest BCUT2D eigenvalue weighted by Gasteiger charge is -2.12. The monoisotopic (exact) mass is 239 g/mol. The van der Waals surface area contributed by atoms with Crippen molar-refractivity contribution < 1.29 is 8.95 Å². The first-order valence-electron chi connectivity index (χ1n) is 5.47. The van der Waals surface area contributed by atoms with Crippen LogP contribution in [-0.2, 0) is 21.3 Å². The molecule has 1 saturated heterocycles. The maximum absolute atomic E-state index is 11.1. The maximum atomic E-state index is 11.1. The van der Waals surface area contributed by atoms with Gasteiger partial charge >= 0.3 is 0 Å². The van der Waals surface area contributed by atoms with E-state index in [1.165, 1.54) is 0 Å². The molecule has 1 aromatic carbocycles. The van der Waals surface area contributed by atoms with E-state index in [1.54, 1.807) is 6.26 Å². The number of rotatable bonds is 4. The highest BCUT2D eigenvalue weighted by molar-refractivity contribution is 7.83. The molecule has 0 amide bonds. The zero-order chi connectivity index (χ0) is 11.4. The summed E-state index contributed by atoms with van der Waals surface area (Å²) in [5.74, 6) is 0.622. The minimum atomic E-state index is -0.781. The van der Waals surface area contributed by atoms with E-state index in [-0.39, 0.29) is 0 Å². The van der Waals surface area contributed by atoms with Gasteiger partial charge in [-0.05, 0) is 24.1 Å². The van der Waals surface area contributed by atoms with Crippen LogP contribution in [0.3, 0.4) is 0 Å². The van der Waals surface area contributed by atoms with E-state index in [2.05, 4.69) is 11.4 Å². The van der Waals surface area contributed by atoms with Crippen LogP contribution >= 0.6 is 0 Å². The molecular formula is C12H17NO2S. The fourth-order valence-corrected chi connectivity index (χ4v) is 2.52. The highest BCUT2D eigenvalue weighted by Gasteiger charge is 2.14. The summed E-state index contributed by atoms with van der Waals surface area (Å²) in [7, 11) is -0.781. The molecule has 1 heterocycles. The smallest absolute Gasteiger partial charge is 0.0668 e. The minimum absolute atomic E-state index is 0.419. The van der Waals surface area contributed by atoms with Crippen molar-refractivity contribution in [3.05, 3.63) is 29.8 Å². The first kappa shape index (κ1) is 11.6. The van der Waals surface area contributed by atoms with Crippen molar-refractivity contribution in [3.63, 3.8) is 0 Å². The Hall–Kier alpha value is -0.870. The minimum Gasteiger partial charge on any atom is -0.380 e. The van der Waals surface area contributed by atoms with E-state index in [0.29, 0.717) is 11.8 Å². The Kier molecular flexibility index (Phi) is 3.96. The summed E-state index contributed by atoms with van der Waals surface area (Å²) < 4.78 is 16.5. The molecule has 1 N–H and O–H groups in total. The van der Waals surface area contributed by atoms with E-state index in [0.717, 1.165) is 30.9 Å². The predicted molar refractivity (Wildman–Crippen MR) is 67.1 cm³/mol. The van der Waals surface area contributed by atoms with Crippen LogP contribution in [0.25, 0.3) is 0 Å². The molecule has 1 aliphatic heterocycles. The zero-order valence-electron chi connectivity index (χ0n) is 9.44. The molecular weight excluding hydrogens is 222 g/mol. The van der Waals surface area contributed by atoms with Crippen molar-refractivity contribution in [1.82, 2.24) is 0 Å². The molecule has 2 rings (SSSR count). The number of benzene rings is 1. The quantitative estimate of drug-likeness (QED) is 0.870. The molecule has 2 atom stereocenters. The van der Waals surface area contributed by atoms with Gasteiger partial charge in [-0.15, -0.1) is 0 Å². The lowest BCUT2D eigenvalue weighted by atomic mass is 10.2. The normalized spacial score (nSPS) is 21.9. The third-order valence-corrected chi connectivity index (χ3v) is 3.34. The lowest BCUT2D eigenvalue weighted by Crippen LogP contribution is -2.18. The Morgan fingerprint density at radius 1 is 1.56 bits per heavy atom. The largest absolute Gasteiger partial charge is 0.380 e. The molecule has 1 fully saturated rings. The van der Waals surface area contributed by atoms with Crippen LogP contribution in [0.5, 0.6) is 0 Å². The van der Waals surface area contributed by atoms with Gasteiger partial charge in [0.15, 0.2) is 0 Å². The molecule has 0 radical (unpaired) electrons. The van der Waals surface area contributed by atoms with Crippen LogP contribution in [0.15, 0.2) is 24.3 Å². The summed E-state index contributed by atoms with van der Waals surface area (Å²) in [6.45, 7) is 1.63. The molecule has 0 aromatic heterocycles. The Morgan fingerprint density at radius 2 is 2.44 bits per heavy atom. The van der Waals surface area contributed by atoms with Gasteiger partial charge < -0.3 is 10.1 Å². The van der Waals surface area contributed by atoms with Gasteiger partial charge in [0.2, 0.25) is 0 Å². The number of ether oxygens (including phenoxy) is 1. The van der Waals surface area contributed by atoms with E-state index in [4.69, 9.17) is 4.74 Å². The van der Waals surface area contributed by atoms with Gasteiger partial charge in [-0.2, -0.15) is 0 Å². The molecule has 2 unspecified atom stereocenters. The first-order valence-corrected chi connectivity index (χ1v) is 7.20. The average Bonchev–Trinajstić information content (AvgIpc) is 2.70. The van der Waals surface area contributed by atoms with E-state index in [9.17, 15) is 4.21 Å². The average molecular weight is 239 g/mol. The summed E-state index contributed by atoms with van der Waals surface area (Å²) in [4.78, 5) is 0. The van der Waals surface area contributed by atoms with Crippen LogP contribution in [0, 0.1) is 0 Å². The van der Waals surface area contributed by atoms with Crippen molar-refractivity contribution in [1.29, 1.82) is 0 Å². The Bertz CT molecular complexity index is 375. The highest BCUT2D eigenvalue weighted by atomic mass is 32.2. The van der Waals surface area contributed by atoms with Crippen molar-refractivity contribution in [2.24, 2.45) is 0 Å². The van der Waals surface area contributed by atoms with Crippen molar-refractivity contribution >= 4 is 16.5 Å². The van der Waals surface area contributed by atoms with Crippen LogP contribution < -0.4 is 5.32 Å². The van der Waals surface area contributed by atoms with Crippen LogP contribution in [0.2, 0.25) is 0 Å². The molecule has 0 bridgehead atoms. The molecule has 3 nitrogen and oxygen atoms in total. The second-order valence-electron chi connectivity index (χ2n) is 4.12. The number of nitrogens with one attached hydrogen (secondary N) is 1. The third kappa shape index (κ3) is 3.32. The van der Waals surface area contributed by atoms with Gasteiger partial charge in [-0.25, -0.2) is 0 Å². The molecule has 1 aliphatic rings. The van der Waals surface area contributed by atoms with Gasteiger partial charge in [-0.1, -0.05) is 12.1 Å². The van der Waals surface area contributed by atoms with Gasteiger partial charge in [0, 0.05) is 35.1 Å². The highest BCUT2D eigenvalue weighted by Crippen LogP contribution is 2.16. The first-order chi connectivity index (χ1) is 7.74. The van der Waals surface area contributed by atoms with E-state index >= 15 is 0 Å². The fraction of sp³-hybridized carbons (Fsp3) is 0.500. The Balaban J connectivity index is 2.00. The third-order valence-electron chi connectivity index (χ3n) is 2.60. The molecule has 88 valence electrons. The van der Waals surface area contributed by atoms with Crippen LogP contribution in [0.4, 0.5) is 5.69 Å². The summed E-state index contributed by atoms with van der Waals surface area (Å²) >= 11 is 0. The van der Waals surface area contributed by atoms with Crippen molar-refractivity contribution in [2.45, 2.75) is 18.2 Å². The molecule has 0 saturated carbocycles. The zero-order valence-corrected chi connectivity index (χ0v) is 10.3. The maximum Gasteiger partial charge on any atom is 0.0668 e. The summed E-state index contributed by atoms with van der Waals surface area (Å²) in [5, 5.41) is 3.43. The van der Waals surface area contributed by atoms with Crippen molar-refractivity contribution in [2.75, 3.05) is 24.8 Å². The second kappa shape index (κ2) is 5.46. The Morgan fingerprint density at radius 3 is 3.12 bits per heavy atom. The number of hydrogen-bond acceptors (Lipinski definition) is 3. The van der Waals surface area contributed by atoms with Crippen molar-refractivity contribution in [3.8, 4) is 0 Å². The standard InChI is InChI=1S/C12H17NO2S/c1-16(14)9-10-3-2-4-11(7-10)13-12-5-6-15-8-12/h2-4,7,12-13H,5-6,8-9H2,1H3. The van der Waals surface area contributed by atoms with E-state index < -0.39 is 10.8 Å². The second-order valence-corrected chi connectivity index (χ2v) is 5.56. The molecule has 4 heteroatoms. The van der Waals surface area contributed by atoms with Gasteiger partial charge in [0.05, 0.1) is 12.6 Å². The number of hydrogen-bond donors (Lipinski definition) is 1. The fourth-order valence-electron chi connectivity index (χ4n) is 1.87.